The monoisotopic (exact) mass is 297 g/mol. The zero-order chi connectivity index (χ0) is 14.8. The Bertz CT molecular complexity index is 566. The van der Waals surface area contributed by atoms with Gasteiger partial charge in [0, 0.05) is 0 Å². The Morgan fingerprint density at radius 2 is 1.95 bits per heavy atom. The number of carboxylic acid groups (broad SMARTS) is 1. The Balaban J connectivity index is 2.01. The second kappa shape index (κ2) is 5.93. The Hall–Kier alpha value is -1.40. The van der Waals surface area contributed by atoms with Crippen molar-refractivity contribution >= 4 is 16.0 Å². The number of hydrogen-bond acceptors (Lipinski definition) is 3. The summed E-state index contributed by atoms with van der Waals surface area (Å²) < 4.78 is 26.5. The van der Waals surface area contributed by atoms with Crippen LogP contribution in [-0.2, 0) is 14.8 Å². The average Bonchev–Trinajstić information content (AvgIpc) is 3.20. The molecule has 2 unspecified atom stereocenters. The van der Waals surface area contributed by atoms with Crippen molar-refractivity contribution in [3.8, 4) is 0 Å². The van der Waals surface area contributed by atoms with E-state index in [0.717, 1.165) is 18.4 Å². The summed E-state index contributed by atoms with van der Waals surface area (Å²) in [5, 5.41) is 9.07. The predicted molar refractivity (Wildman–Crippen MR) is 75.9 cm³/mol. The Morgan fingerprint density at radius 3 is 2.45 bits per heavy atom. The molecule has 1 aromatic rings. The van der Waals surface area contributed by atoms with Crippen LogP contribution in [0, 0.1) is 5.92 Å². The number of sulfonamides is 1. The molecule has 20 heavy (non-hydrogen) atoms. The quantitative estimate of drug-likeness (QED) is 0.800. The highest BCUT2D eigenvalue weighted by atomic mass is 32.2. The van der Waals surface area contributed by atoms with Gasteiger partial charge in [0.1, 0.15) is 6.04 Å². The van der Waals surface area contributed by atoms with Crippen LogP contribution in [0.15, 0.2) is 30.3 Å². The third-order valence-electron chi connectivity index (χ3n) is 3.50. The van der Waals surface area contributed by atoms with E-state index < -0.39 is 22.0 Å². The maximum atomic E-state index is 12.1. The number of hydrogen-bond donors (Lipinski definition) is 2. The van der Waals surface area contributed by atoms with Gasteiger partial charge in [-0.1, -0.05) is 37.3 Å². The van der Waals surface area contributed by atoms with E-state index in [2.05, 4.69) is 4.72 Å². The van der Waals surface area contributed by atoms with Crippen LogP contribution >= 0.6 is 0 Å². The van der Waals surface area contributed by atoms with E-state index in [0.29, 0.717) is 0 Å². The molecule has 1 saturated carbocycles. The molecule has 2 rings (SSSR count). The standard InChI is InChI=1S/C14H19NO4S/c1-10(11-5-3-2-4-6-11)9-20(18,19)15-13(14(16)17)12-7-8-12/h2-6,10,12-13,15H,7-9H2,1H3,(H,16,17). The van der Waals surface area contributed by atoms with Gasteiger partial charge in [-0.05, 0) is 30.2 Å². The molecule has 2 N–H and O–H groups in total. The summed E-state index contributed by atoms with van der Waals surface area (Å²) in [5.74, 6) is -1.44. The highest BCUT2D eigenvalue weighted by Crippen LogP contribution is 2.33. The number of rotatable bonds is 7. The molecule has 0 aliphatic heterocycles. The maximum absolute atomic E-state index is 12.1. The summed E-state index contributed by atoms with van der Waals surface area (Å²) in [5.41, 5.74) is 0.927. The molecule has 2 atom stereocenters. The third kappa shape index (κ3) is 4.05. The number of benzene rings is 1. The minimum absolute atomic E-state index is 0.0608. The van der Waals surface area contributed by atoms with Gasteiger partial charge in [-0.15, -0.1) is 0 Å². The van der Waals surface area contributed by atoms with Gasteiger partial charge in [-0.3, -0.25) is 4.79 Å². The smallest absolute Gasteiger partial charge is 0.322 e. The van der Waals surface area contributed by atoms with Crippen LogP contribution < -0.4 is 4.72 Å². The van der Waals surface area contributed by atoms with Crippen molar-refractivity contribution < 1.29 is 18.3 Å². The van der Waals surface area contributed by atoms with E-state index in [1.807, 2.05) is 37.3 Å². The van der Waals surface area contributed by atoms with Crippen molar-refractivity contribution in [2.24, 2.45) is 5.92 Å². The molecule has 1 fully saturated rings. The molecule has 0 spiro atoms. The second-order valence-corrected chi connectivity index (χ2v) is 7.16. The van der Waals surface area contributed by atoms with Crippen LogP contribution in [0.1, 0.15) is 31.2 Å². The maximum Gasteiger partial charge on any atom is 0.322 e. The van der Waals surface area contributed by atoms with E-state index >= 15 is 0 Å². The van der Waals surface area contributed by atoms with Crippen LogP contribution in [0.4, 0.5) is 0 Å². The van der Waals surface area contributed by atoms with E-state index in [4.69, 9.17) is 5.11 Å². The van der Waals surface area contributed by atoms with Gasteiger partial charge >= 0.3 is 5.97 Å². The lowest BCUT2D eigenvalue weighted by molar-refractivity contribution is -0.139. The molecule has 0 radical (unpaired) electrons. The van der Waals surface area contributed by atoms with Crippen LogP contribution in [0.3, 0.4) is 0 Å². The van der Waals surface area contributed by atoms with Crippen molar-refractivity contribution in [1.29, 1.82) is 0 Å². The van der Waals surface area contributed by atoms with Gasteiger partial charge in [0.25, 0.3) is 0 Å². The first kappa shape index (κ1) is 15.0. The summed E-state index contributed by atoms with van der Waals surface area (Å²) in [6.07, 6.45) is 1.54. The minimum Gasteiger partial charge on any atom is -0.480 e. The third-order valence-corrected chi connectivity index (χ3v) is 5.06. The normalized spacial score (nSPS) is 18.4. The van der Waals surface area contributed by atoms with Gasteiger partial charge in [0.05, 0.1) is 5.75 Å². The fourth-order valence-corrected chi connectivity index (χ4v) is 3.85. The molecule has 5 nitrogen and oxygen atoms in total. The molecule has 1 aromatic carbocycles. The van der Waals surface area contributed by atoms with E-state index in [-0.39, 0.29) is 17.6 Å². The fourth-order valence-electron chi connectivity index (χ4n) is 2.23. The first-order valence-electron chi connectivity index (χ1n) is 6.67. The largest absolute Gasteiger partial charge is 0.480 e. The van der Waals surface area contributed by atoms with Crippen LogP contribution in [0.25, 0.3) is 0 Å². The Kier molecular flexibility index (Phi) is 4.45. The summed E-state index contributed by atoms with van der Waals surface area (Å²) >= 11 is 0. The van der Waals surface area contributed by atoms with E-state index in [1.54, 1.807) is 0 Å². The molecule has 0 bridgehead atoms. The minimum atomic E-state index is -3.61. The van der Waals surface area contributed by atoms with Crippen molar-refractivity contribution in [2.45, 2.75) is 31.7 Å². The molecule has 0 amide bonds. The van der Waals surface area contributed by atoms with Crippen LogP contribution in [0.2, 0.25) is 0 Å². The second-order valence-electron chi connectivity index (χ2n) is 5.36. The van der Waals surface area contributed by atoms with Gasteiger partial charge in [0.2, 0.25) is 10.0 Å². The number of nitrogens with one attached hydrogen (secondary N) is 1. The lowest BCUT2D eigenvalue weighted by atomic mass is 10.0. The van der Waals surface area contributed by atoms with Gasteiger partial charge in [-0.25, -0.2) is 13.1 Å². The molecule has 0 saturated heterocycles. The number of carbonyl (C=O) groups is 1. The molecule has 1 aliphatic carbocycles. The van der Waals surface area contributed by atoms with Crippen LogP contribution in [0.5, 0.6) is 0 Å². The predicted octanol–water partition coefficient (Wildman–Crippen LogP) is 1.57. The summed E-state index contributed by atoms with van der Waals surface area (Å²) in [6.45, 7) is 1.82. The summed E-state index contributed by atoms with van der Waals surface area (Å²) in [6, 6.07) is 8.34. The molecule has 0 heterocycles. The first-order valence-corrected chi connectivity index (χ1v) is 8.32. The van der Waals surface area contributed by atoms with Crippen molar-refractivity contribution in [3.05, 3.63) is 35.9 Å². The Labute approximate surface area is 119 Å². The van der Waals surface area contributed by atoms with Crippen molar-refractivity contribution in [3.63, 3.8) is 0 Å². The van der Waals surface area contributed by atoms with Crippen molar-refractivity contribution in [1.82, 2.24) is 4.72 Å². The highest BCUT2D eigenvalue weighted by molar-refractivity contribution is 7.89. The zero-order valence-electron chi connectivity index (χ0n) is 11.3. The van der Waals surface area contributed by atoms with Gasteiger partial charge < -0.3 is 5.11 Å². The summed E-state index contributed by atoms with van der Waals surface area (Å²) in [7, 11) is -3.61. The fraction of sp³-hybridized carbons (Fsp3) is 0.500. The van der Waals surface area contributed by atoms with Gasteiger partial charge in [-0.2, -0.15) is 0 Å². The average molecular weight is 297 g/mol. The number of carboxylic acids is 1. The molecular weight excluding hydrogens is 278 g/mol. The lowest BCUT2D eigenvalue weighted by Crippen LogP contribution is -2.43. The van der Waals surface area contributed by atoms with Crippen LogP contribution in [-0.4, -0.2) is 31.3 Å². The zero-order valence-corrected chi connectivity index (χ0v) is 12.1. The topological polar surface area (TPSA) is 83.5 Å². The first-order chi connectivity index (χ1) is 9.39. The molecule has 6 heteroatoms. The molecule has 1 aliphatic rings. The number of aliphatic carboxylic acids is 1. The highest BCUT2D eigenvalue weighted by Gasteiger charge is 2.38. The van der Waals surface area contributed by atoms with E-state index in [1.165, 1.54) is 0 Å². The van der Waals surface area contributed by atoms with Crippen molar-refractivity contribution in [2.75, 3.05) is 5.75 Å². The van der Waals surface area contributed by atoms with Gasteiger partial charge in [0.15, 0.2) is 0 Å². The molecule has 0 aromatic heterocycles. The van der Waals surface area contributed by atoms with E-state index in [9.17, 15) is 13.2 Å². The lowest BCUT2D eigenvalue weighted by Gasteiger charge is -2.17. The Morgan fingerprint density at radius 1 is 1.35 bits per heavy atom. The SMILES string of the molecule is CC(CS(=O)(=O)NC(C(=O)O)C1CC1)c1ccccc1. The molecular formula is C14H19NO4S. The summed E-state index contributed by atoms with van der Waals surface area (Å²) in [4.78, 5) is 11.1. The molecule has 110 valence electrons.